The predicted molar refractivity (Wildman–Crippen MR) is 72.5 cm³/mol. The molecule has 0 unspecified atom stereocenters. The topological polar surface area (TPSA) is 56.9 Å². The van der Waals surface area contributed by atoms with Crippen molar-refractivity contribution in [3.05, 3.63) is 51.5 Å². The van der Waals surface area contributed by atoms with Crippen molar-refractivity contribution in [3.63, 3.8) is 0 Å². The maximum atomic E-state index is 12.3. The van der Waals surface area contributed by atoms with E-state index in [-0.39, 0.29) is 12.3 Å². The van der Waals surface area contributed by atoms with Crippen LogP contribution in [0.3, 0.4) is 0 Å². The number of aryl methyl sites for hydroxylation is 2. The van der Waals surface area contributed by atoms with Gasteiger partial charge in [0.1, 0.15) is 0 Å². The molecule has 2 rings (SSSR count). The van der Waals surface area contributed by atoms with Gasteiger partial charge in [0.25, 0.3) is 0 Å². The van der Waals surface area contributed by atoms with Crippen molar-refractivity contribution in [1.29, 1.82) is 0 Å². The molecule has 0 saturated heterocycles. The number of aromatic nitrogens is 3. The quantitative estimate of drug-likeness (QED) is 0.783. The van der Waals surface area contributed by atoms with Crippen LogP contribution in [0.25, 0.3) is 0 Å². The Morgan fingerprint density at radius 1 is 1.32 bits per heavy atom. The summed E-state index contributed by atoms with van der Waals surface area (Å²) in [6.07, 6.45) is 3.15. The summed E-state index contributed by atoms with van der Waals surface area (Å²) in [5.41, 5.74) is 3.05. The Morgan fingerprint density at radius 2 is 2.00 bits per heavy atom. The smallest absolute Gasteiger partial charge is 0.347 e. The van der Waals surface area contributed by atoms with E-state index in [1.807, 2.05) is 38.5 Å². The van der Waals surface area contributed by atoms with Crippen molar-refractivity contribution in [2.75, 3.05) is 0 Å². The van der Waals surface area contributed by atoms with E-state index < -0.39 is 5.69 Å². The van der Waals surface area contributed by atoms with Crippen molar-refractivity contribution < 1.29 is 4.79 Å². The molecule has 0 aliphatic rings. The molecule has 0 radical (unpaired) electrons. The summed E-state index contributed by atoms with van der Waals surface area (Å²) >= 11 is 0. The molecule has 100 valence electrons. The first kappa shape index (κ1) is 13.3. The summed E-state index contributed by atoms with van der Waals surface area (Å²) in [5.74, 6) is -0.0734. The van der Waals surface area contributed by atoms with Crippen molar-refractivity contribution >= 4 is 5.78 Å². The van der Waals surface area contributed by atoms with Gasteiger partial charge in [-0.3, -0.25) is 9.36 Å². The zero-order valence-corrected chi connectivity index (χ0v) is 11.6. The molecule has 0 spiro atoms. The lowest BCUT2D eigenvalue weighted by Crippen LogP contribution is -2.26. The fraction of sp³-hybridized carbons (Fsp3) is 0.357. The van der Waals surface area contributed by atoms with Gasteiger partial charge >= 0.3 is 5.69 Å². The van der Waals surface area contributed by atoms with Gasteiger partial charge in [-0.25, -0.2) is 9.78 Å². The summed E-state index contributed by atoms with van der Waals surface area (Å²) in [5, 5.41) is 0. The van der Waals surface area contributed by atoms with E-state index >= 15 is 0 Å². The van der Waals surface area contributed by atoms with Gasteiger partial charge in [-0.2, -0.15) is 0 Å². The highest BCUT2D eigenvalue weighted by Gasteiger charge is 2.15. The highest BCUT2D eigenvalue weighted by Crippen LogP contribution is 2.14. The minimum Gasteiger partial charge on any atom is -0.351 e. The Labute approximate surface area is 111 Å². The highest BCUT2D eigenvalue weighted by molar-refractivity contribution is 5.97. The van der Waals surface area contributed by atoms with Gasteiger partial charge in [-0.1, -0.05) is 0 Å². The zero-order chi connectivity index (χ0) is 14.2. The van der Waals surface area contributed by atoms with Crippen molar-refractivity contribution in [2.45, 2.75) is 27.3 Å². The lowest BCUT2D eigenvalue weighted by molar-refractivity contribution is 0.0969. The molecule has 0 bridgehead atoms. The minimum absolute atomic E-state index is 0.0256. The monoisotopic (exact) mass is 259 g/mol. The summed E-state index contributed by atoms with van der Waals surface area (Å²) in [7, 11) is 1.92. The summed E-state index contributed by atoms with van der Waals surface area (Å²) < 4.78 is 3.31. The van der Waals surface area contributed by atoms with E-state index in [9.17, 15) is 9.59 Å². The second kappa shape index (κ2) is 4.84. The number of carbonyl (C=O) groups excluding carboxylic acids is 1. The summed E-state index contributed by atoms with van der Waals surface area (Å²) in [4.78, 5) is 27.6. The van der Waals surface area contributed by atoms with Gasteiger partial charge in [0.05, 0.1) is 6.54 Å². The SMILES string of the molecule is Cc1cnc(=O)n(CC(=O)c2cc(C)n(C)c2C)c1. The number of ketones is 1. The maximum Gasteiger partial charge on any atom is 0.347 e. The number of rotatable bonds is 3. The Kier molecular flexibility index (Phi) is 3.38. The number of carbonyl (C=O) groups is 1. The van der Waals surface area contributed by atoms with Crippen molar-refractivity contribution in [2.24, 2.45) is 7.05 Å². The van der Waals surface area contributed by atoms with Gasteiger partial charge in [-0.15, -0.1) is 0 Å². The standard InChI is InChI=1S/C14H17N3O2/c1-9-6-15-14(19)17(7-9)8-13(18)12-5-10(2)16(4)11(12)3/h5-7H,8H2,1-4H3. The minimum atomic E-state index is -0.399. The van der Waals surface area contributed by atoms with Crippen LogP contribution < -0.4 is 5.69 Å². The molecule has 0 fully saturated rings. The zero-order valence-electron chi connectivity index (χ0n) is 11.6. The van der Waals surface area contributed by atoms with E-state index in [1.165, 1.54) is 10.8 Å². The molecule has 0 N–H and O–H groups in total. The third-order valence-corrected chi connectivity index (χ3v) is 3.37. The van der Waals surface area contributed by atoms with Gasteiger partial charge in [0.15, 0.2) is 5.78 Å². The van der Waals surface area contributed by atoms with E-state index in [0.29, 0.717) is 5.56 Å². The fourth-order valence-electron chi connectivity index (χ4n) is 2.06. The Balaban J connectivity index is 2.33. The second-order valence-electron chi connectivity index (χ2n) is 4.81. The second-order valence-corrected chi connectivity index (χ2v) is 4.81. The molecule has 0 atom stereocenters. The highest BCUT2D eigenvalue weighted by atomic mass is 16.2. The van der Waals surface area contributed by atoms with E-state index in [2.05, 4.69) is 4.98 Å². The van der Waals surface area contributed by atoms with E-state index in [0.717, 1.165) is 17.0 Å². The first-order valence-corrected chi connectivity index (χ1v) is 6.09. The normalized spacial score (nSPS) is 10.7. The van der Waals surface area contributed by atoms with Gasteiger partial charge in [-0.05, 0) is 32.4 Å². The van der Waals surface area contributed by atoms with Crippen LogP contribution in [0, 0.1) is 20.8 Å². The van der Waals surface area contributed by atoms with Crippen LogP contribution in [-0.2, 0) is 13.6 Å². The first-order chi connectivity index (χ1) is 8.90. The number of nitrogens with zero attached hydrogens (tertiary/aromatic N) is 3. The third kappa shape index (κ3) is 2.50. The van der Waals surface area contributed by atoms with Crippen LogP contribution >= 0.6 is 0 Å². The van der Waals surface area contributed by atoms with E-state index in [1.54, 1.807) is 6.20 Å². The maximum absolute atomic E-state index is 12.3. The molecule has 2 heterocycles. The van der Waals surface area contributed by atoms with Crippen molar-refractivity contribution in [1.82, 2.24) is 14.1 Å². The van der Waals surface area contributed by atoms with E-state index in [4.69, 9.17) is 0 Å². The van der Waals surface area contributed by atoms with Crippen LogP contribution in [0.15, 0.2) is 23.3 Å². The molecule has 0 aromatic carbocycles. The van der Waals surface area contributed by atoms with Crippen molar-refractivity contribution in [3.8, 4) is 0 Å². The molecule has 2 aromatic rings. The summed E-state index contributed by atoms with van der Waals surface area (Å²) in [6.45, 7) is 5.71. The summed E-state index contributed by atoms with van der Waals surface area (Å²) in [6, 6.07) is 1.85. The fourth-order valence-corrected chi connectivity index (χ4v) is 2.06. The Bertz CT molecular complexity index is 695. The van der Waals surface area contributed by atoms with Crippen LogP contribution in [0.1, 0.15) is 27.3 Å². The molecule has 0 aliphatic heterocycles. The average Bonchev–Trinajstić information content (AvgIpc) is 2.62. The molecule has 0 aliphatic carbocycles. The number of hydrogen-bond donors (Lipinski definition) is 0. The molecule has 0 amide bonds. The molecule has 2 aromatic heterocycles. The van der Waals surface area contributed by atoms with Gasteiger partial charge in [0.2, 0.25) is 0 Å². The lowest BCUT2D eigenvalue weighted by atomic mass is 10.1. The third-order valence-electron chi connectivity index (χ3n) is 3.37. The molecular formula is C14H17N3O2. The predicted octanol–water partition coefficient (Wildman–Crippen LogP) is 1.39. The van der Waals surface area contributed by atoms with Crippen LogP contribution in [-0.4, -0.2) is 19.9 Å². The molecular weight excluding hydrogens is 242 g/mol. The molecule has 19 heavy (non-hydrogen) atoms. The largest absolute Gasteiger partial charge is 0.351 e. The number of Topliss-reactive ketones (excluding diaryl/α,β-unsaturated/α-hetero) is 1. The van der Waals surface area contributed by atoms with Gasteiger partial charge in [0, 0.05) is 36.4 Å². The lowest BCUT2D eigenvalue weighted by Gasteiger charge is -2.05. The number of hydrogen-bond acceptors (Lipinski definition) is 3. The average molecular weight is 259 g/mol. The Hall–Kier alpha value is -2.17. The molecule has 0 saturated carbocycles. The first-order valence-electron chi connectivity index (χ1n) is 6.09. The van der Waals surface area contributed by atoms with Crippen LogP contribution in [0.4, 0.5) is 0 Å². The molecule has 5 nitrogen and oxygen atoms in total. The van der Waals surface area contributed by atoms with Gasteiger partial charge < -0.3 is 4.57 Å². The molecule has 5 heteroatoms. The van der Waals surface area contributed by atoms with Crippen LogP contribution in [0.5, 0.6) is 0 Å². The Morgan fingerprint density at radius 3 is 2.58 bits per heavy atom. The van der Waals surface area contributed by atoms with Crippen LogP contribution in [0.2, 0.25) is 0 Å².